The molecule has 1 fully saturated rings. The number of nitriles is 1. The van der Waals surface area contributed by atoms with Gasteiger partial charge in [0.2, 0.25) is 5.91 Å². The molecule has 3 rings (SSSR count). The van der Waals surface area contributed by atoms with Crippen molar-refractivity contribution in [2.75, 3.05) is 20.1 Å². The van der Waals surface area contributed by atoms with Crippen molar-refractivity contribution in [3.63, 3.8) is 0 Å². The summed E-state index contributed by atoms with van der Waals surface area (Å²) < 4.78 is 13.7. The fourth-order valence-electron chi connectivity index (χ4n) is 3.25. The van der Waals surface area contributed by atoms with E-state index in [1.807, 2.05) is 6.92 Å². The molecule has 2 amide bonds. The zero-order valence-electron chi connectivity index (χ0n) is 14.1. The van der Waals surface area contributed by atoms with Gasteiger partial charge in [0.1, 0.15) is 17.6 Å². The summed E-state index contributed by atoms with van der Waals surface area (Å²) in [5, 5.41) is 9.76. The predicted octanol–water partition coefficient (Wildman–Crippen LogP) is 2.14. The van der Waals surface area contributed by atoms with Gasteiger partial charge in [-0.25, -0.2) is 4.39 Å². The van der Waals surface area contributed by atoms with Crippen LogP contribution in [-0.2, 0) is 4.79 Å². The van der Waals surface area contributed by atoms with E-state index in [2.05, 4.69) is 11.1 Å². The van der Waals surface area contributed by atoms with Gasteiger partial charge in [0.25, 0.3) is 5.91 Å². The van der Waals surface area contributed by atoms with Crippen molar-refractivity contribution >= 4 is 22.7 Å². The van der Waals surface area contributed by atoms with Crippen molar-refractivity contribution in [1.82, 2.24) is 14.8 Å². The first-order chi connectivity index (χ1) is 11.9. The molecule has 0 aliphatic carbocycles. The maximum Gasteiger partial charge on any atom is 0.270 e. The Labute approximate surface area is 144 Å². The van der Waals surface area contributed by atoms with Gasteiger partial charge < -0.3 is 14.8 Å². The number of aromatic amines is 1. The summed E-state index contributed by atoms with van der Waals surface area (Å²) in [5.41, 5.74) is 0.491. The largest absolute Gasteiger partial charge is 0.348 e. The zero-order valence-corrected chi connectivity index (χ0v) is 14.1. The van der Waals surface area contributed by atoms with Crippen molar-refractivity contribution in [3.05, 3.63) is 35.8 Å². The van der Waals surface area contributed by atoms with Gasteiger partial charge in [-0.15, -0.1) is 0 Å². The molecule has 1 saturated heterocycles. The van der Waals surface area contributed by atoms with Crippen LogP contribution in [0.15, 0.2) is 24.3 Å². The second kappa shape index (κ2) is 6.55. The molecule has 6 nitrogen and oxygen atoms in total. The normalized spacial score (nSPS) is 19.8. The number of carbonyl (C=O) groups is 2. The first kappa shape index (κ1) is 17.0. The minimum atomic E-state index is -0.437. The maximum absolute atomic E-state index is 13.7. The number of hydrogen-bond acceptors (Lipinski definition) is 3. The number of halogens is 1. The lowest BCUT2D eigenvalue weighted by atomic mass is 10.1. The zero-order chi connectivity index (χ0) is 18.1. The lowest BCUT2D eigenvalue weighted by molar-refractivity contribution is -0.131. The van der Waals surface area contributed by atoms with E-state index >= 15 is 0 Å². The fourth-order valence-corrected chi connectivity index (χ4v) is 3.25. The van der Waals surface area contributed by atoms with E-state index in [1.54, 1.807) is 18.2 Å². The van der Waals surface area contributed by atoms with E-state index in [-0.39, 0.29) is 29.6 Å². The summed E-state index contributed by atoms with van der Waals surface area (Å²) in [5.74, 6) is -0.816. The molecule has 1 aromatic heterocycles. The SMILES string of the molecule is CC1CC(C#N)N(C(=O)CN(C)C(=O)c2cc3cccc(F)c3[nH]2)C1. The molecule has 1 aliphatic rings. The molecule has 1 aromatic carbocycles. The molecule has 25 heavy (non-hydrogen) atoms. The molecule has 1 aliphatic heterocycles. The molecule has 2 heterocycles. The van der Waals surface area contributed by atoms with Crippen LogP contribution in [0, 0.1) is 23.1 Å². The third-order valence-electron chi connectivity index (χ3n) is 4.53. The second-order valence-corrected chi connectivity index (χ2v) is 6.58. The van der Waals surface area contributed by atoms with E-state index in [4.69, 9.17) is 5.26 Å². The van der Waals surface area contributed by atoms with Crippen molar-refractivity contribution in [2.24, 2.45) is 5.92 Å². The number of likely N-dealkylation sites (tertiary alicyclic amines) is 1. The van der Waals surface area contributed by atoms with E-state index in [9.17, 15) is 14.0 Å². The number of nitrogens with zero attached hydrogens (tertiary/aromatic N) is 3. The van der Waals surface area contributed by atoms with E-state index in [0.29, 0.717) is 18.4 Å². The van der Waals surface area contributed by atoms with Crippen LogP contribution in [-0.4, -0.2) is 52.8 Å². The maximum atomic E-state index is 13.7. The Bertz CT molecular complexity index is 870. The van der Waals surface area contributed by atoms with Crippen molar-refractivity contribution in [2.45, 2.75) is 19.4 Å². The summed E-state index contributed by atoms with van der Waals surface area (Å²) in [4.78, 5) is 30.5. The molecule has 0 bridgehead atoms. The molecule has 130 valence electrons. The lowest BCUT2D eigenvalue weighted by Gasteiger charge is -2.23. The molecule has 0 saturated carbocycles. The van der Waals surface area contributed by atoms with Crippen molar-refractivity contribution in [1.29, 1.82) is 5.26 Å². The van der Waals surface area contributed by atoms with Crippen LogP contribution in [0.1, 0.15) is 23.8 Å². The van der Waals surface area contributed by atoms with Gasteiger partial charge in [-0.3, -0.25) is 9.59 Å². The number of amides is 2. The molecular weight excluding hydrogens is 323 g/mol. The number of nitrogens with one attached hydrogen (secondary N) is 1. The fraction of sp³-hybridized carbons (Fsp3) is 0.389. The van der Waals surface area contributed by atoms with Crippen LogP contribution in [0.4, 0.5) is 4.39 Å². The smallest absolute Gasteiger partial charge is 0.270 e. The Morgan fingerprint density at radius 1 is 1.48 bits per heavy atom. The summed E-state index contributed by atoms with van der Waals surface area (Å²) in [7, 11) is 1.52. The predicted molar refractivity (Wildman–Crippen MR) is 90.1 cm³/mol. The minimum absolute atomic E-state index is 0.123. The first-order valence-corrected chi connectivity index (χ1v) is 8.12. The topological polar surface area (TPSA) is 80.2 Å². The van der Waals surface area contributed by atoms with Gasteiger partial charge in [-0.1, -0.05) is 19.1 Å². The van der Waals surface area contributed by atoms with Crippen molar-refractivity contribution < 1.29 is 14.0 Å². The van der Waals surface area contributed by atoms with Gasteiger partial charge in [-0.2, -0.15) is 5.26 Å². The van der Waals surface area contributed by atoms with E-state index in [0.717, 1.165) is 0 Å². The number of fused-ring (bicyclic) bond motifs is 1. The van der Waals surface area contributed by atoms with Crippen LogP contribution in [0.25, 0.3) is 10.9 Å². The standard InChI is InChI=1S/C18H19FN4O2/c1-11-6-13(8-20)23(9-11)16(24)10-22(2)18(25)15-7-12-4-3-5-14(19)17(12)21-15/h3-5,7,11,13,21H,6,9-10H2,1-2H3. The Kier molecular flexibility index (Phi) is 4.45. The number of rotatable bonds is 3. The van der Waals surface area contributed by atoms with Gasteiger partial charge in [0.05, 0.1) is 18.1 Å². The highest BCUT2D eigenvalue weighted by molar-refractivity contribution is 5.99. The lowest BCUT2D eigenvalue weighted by Crippen LogP contribution is -2.43. The van der Waals surface area contributed by atoms with Gasteiger partial charge in [0, 0.05) is 19.0 Å². The van der Waals surface area contributed by atoms with Crippen LogP contribution in [0.5, 0.6) is 0 Å². The molecule has 0 radical (unpaired) electrons. The van der Waals surface area contributed by atoms with Crippen LogP contribution < -0.4 is 0 Å². The number of likely N-dealkylation sites (N-methyl/N-ethyl adjacent to an activating group) is 1. The Hall–Kier alpha value is -2.88. The van der Waals surface area contributed by atoms with Crippen LogP contribution in [0.3, 0.4) is 0 Å². The molecule has 2 aromatic rings. The Morgan fingerprint density at radius 3 is 2.92 bits per heavy atom. The quantitative estimate of drug-likeness (QED) is 0.928. The summed E-state index contributed by atoms with van der Waals surface area (Å²) >= 11 is 0. The van der Waals surface area contributed by atoms with Crippen LogP contribution in [0.2, 0.25) is 0 Å². The summed E-state index contributed by atoms with van der Waals surface area (Å²) in [6.45, 7) is 2.39. The summed E-state index contributed by atoms with van der Waals surface area (Å²) in [6.07, 6.45) is 0.654. The minimum Gasteiger partial charge on any atom is -0.348 e. The molecule has 7 heteroatoms. The monoisotopic (exact) mass is 342 g/mol. The molecule has 0 spiro atoms. The van der Waals surface area contributed by atoms with Gasteiger partial charge >= 0.3 is 0 Å². The van der Waals surface area contributed by atoms with Crippen LogP contribution >= 0.6 is 0 Å². The van der Waals surface area contributed by atoms with Crippen molar-refractivity contribution in [3.8, 4) is 6.07 Å². The number of para-hydroxylation sites is 1. The second-order valence-electron chi connectivity index (χ2n) is 6.58. The highest BCUT2D eigenvalue weighted by Crippen LogP contribution is 2.23. The molecule has 1 N–H and O–H groups in total. The number of aromatic nitrogens is 1. The third-order valence-corrected chi connectivity index (χ3v) is 4.53. The first-order valence-electron chi connectivity index (χ1n) is 8.12. The third kappa shape index (κ3) is 3.20. The molecular formula is C18H19FN4O2. The van der Waals surface area contributed by atoms with E-state index in [1.165, 1.54) is 22.9 Å². The Morgan fingerprint density at radius 2 is 2.24 bits per heavy atom. The van der Waals surface area contributed by atoms with E-state index < -0.39 is 17.8 Å². The number of carbonyl (C=O) groups excluding carboxylic acids is 2. The average Bonchev–Trinajstić information content (AvgIpc) is 3.18. The highest BCUT2D eigenvalue weighted by Gasteiger charge is 2.33. The number of hydrogen-bond donors (Lipinski definition) is 1. The van der Waals surface area contributed by atoms with Gasteiger partial charge in [0.15, 0.2) is 0 Å². The molecule has 2 atom stereocenters. The number of benzene rings is 1. The Balaban J connectivity index is 1.73. The molecule has 2 unspecified atom stereocenters. The average molecular weight is 342 g/mol. The van der Waals surface area contributed by atoms with Gasteiger partial charge in [-0.05, 0) is 24.5 Å². The highest BCUT2D eigenvalue weighted by atomic mass is 19.1. The summed E-state index contributed by atoms with van der Waals surface area (Å²) in [6, 6.07) is 7.87. The number of H-pyrrole nitrogens is 1.